The van der Waals surface area contributed by atoms with E-state index in [1.54, 1.807) is 78.9 Å². The molecule has 0 spiro atoms. The average molecular weight is 702 g/mol. The lowest BCUT2D eigenvalue weighted by molar-refractivity contribution is -0.155. The van der Waals surface area contributed by atoms with E-state index in [-0.39, 0.29) is 46.9 Å². The molecule has 1 amide bonds. The Balaban J connectivity index is 1.09. The number of hydrogen-bond acceptors (Lipinski definition) is 10. The van der Waals surface area contributed by atoms with Gasteiger partial charge in [-0.15, -0.1) is 0 Å². The number of carbonyl (C=O) groups excluding carboxylic acids is 1. The van der Waals surface area contributed by atoms with Gasteiger partial charge in [-0.3, -0.25) is 14.6 Å². The van der Waals surface area contributed by atoms with Gasteiger partial charge in [-0.2, -0.15) is 0 Å². The highest BCUT2D eigenvalue weighted by Gasteiger charge is 2.40. The number of pyridine rings is 1. The van der Waals surface area contributed by atoms with Crippen LogP contribution in [0.1, 0.15) is 44.4 Å². The molecule has 2 heterocycles. The summed E-state index contributed by atoms with van der Waals surface area (Å²) in [5.41, 5.74) is 0.992. The summed E-state index contributed by atoms with van der Waals surface area (Å²) in [6, 6.07) is 25.5. The number of amides is 1. The number of ether oxygens (including phenoxy) is 1. The largest absolute Gasteiger partial charge is 0.506 e. The Bertz CT molecular complexity index is 2310. The summed E-state index contributed by atoms with van der Waals surface area (Å²) < 4.78 is 5.54. The molecule has 0 radical (unpaired) electrons. The van der Waals surface area contributed by atoms with E-state index in [2.05, 4.69) is 25.6 Å². The molecule has 0 saturated heterocycles. The van der Waals surface area contributed by atoms with Crippen molar-refractivity contribution >= 4 is 22.8 Å². The molecule has 264 valence electrons. The lowest BCUT2D eigenvalue weighted by atomic mass is 9.85. The maximum absolute atomic E-state index is 13.1. The van der Waals surface area contributed by atoms with Gasteiger partial charge >= 0.3 is 5.97 Å². The minimum absolute atomic E-state index is 0.0474. The van der Waals surface area contributed by atoms with Crippen molar-refractivity contribution in [1.82, 2.24) is 25.6 Å². The number of aliphatic carboxylic acids is 1. The van der Waals surface area contributed by atoms with Crippen LogP contribution in [0.2, 0.25) is 0 Å². The summed E-state index contributed by atoms with van der Waals surface area (Å²) in [5, 5.41) is 48.8. The Morgan fingerprint density at radius 3 is 2.48 bits per heavy atom. The van der Waals surface area contributed by atoms with Gasteiger partial charge in [0.2, 0.25) is 11.2 Å². The van der Waals surface area contributed by atoms with Crippen LogP contribution in [-0.2, 0) is 23.5 Å². The number of methoxy groups -OCH3 is 1. The van der Waals surface area contributed by atoms with Crippen LogP contribution in [0, 0.1) is 0 Å². The fourth-order valence-electron chi connectivity index (χ4n) is 5.93. The number of aliphatic hydroxyl groups excluding tert-OH is 1. The van der Waals surface area contributed by atoms with Crippen LogP contribution >= 0.6 is 0 Å². The van der Waals surface area contributed by atoms with Gasteiger partial charge in [-0.1, -0.05) is 60.7 Å². The number of carboxylic acids is 1. The Morgan fingerprint density at radius 1 is 0.923 bits per heavy atom. The highest BCUT2D eigenvalue weighted by molar-refractivity contribution is 5.94. The summed E-state index contributed by atoms with van der Waals surface area (Å²) in [4.78, 5) is 48.6. The molecule has 2 aromatic heterocycles. The van der Waals surface area contributed by atoms with E-state index in [9.17, 15) is 34.8 Å². The second-order valence-electron chi connectivity index (χ2n) is 12.0. The number of hydrogen-bond donors (Lipinski definition) is 7. The van der Waals surface area contributed by atoms with Gasteiger partial charge in [-0.05, 0) is 41.5 Å². The van der Waals surface area contributed by atoms with Gasteiger partial charge in [0.1, 0.15) is 11.5 Å². The van der Waals surface area contributed by atoms with Crippen molar-refractivity contribution in [2.75, 3.05) is 13.7 Å². The van der Waals surface area contributed by atoms with Gasteiger partial charge < -0.3 is 40.8 Å². The van der Waals surface area contributed by atoms with Crippen LogP contribution in [0.4, 0.5) is 0 Å². The number of nitrogens with zero attached hydrogens (tertiary/aromatic N) is 2. The minimum Gasteiger partial charge on any atom is -0.506 e. The molecular weight excluding hydrogens is 666 g/mol. The summed E-state index contributed by atoms with van der Waals surface area (Å²) in [7, 11) is 1.49. The van der Waals surface area contributed by atoms with Gasteiger partial charge in [-0.25, -0.2) is 9.78 Å². The first-order valence-electron chi connectivity index (χ1n) is 16.2. The van der Waals surface area contributed by atoms with Gasteiger partial charge in [0.25, 0.3) is 5.91 Å². The number of aromatic amines is 1. The predicted molar refractivity (Wildman–Crippen MR) is 192 cm³/mol. The number of fused-ring (bicyclic) bond motifs is 1. The molecule has 0 unspecified atom stereocenters. The highest BCUT2D eigenvalue weighted by Crippen LogP contribution is 2.33. The van der Waals surface area contributed by atoms with Crippen molar-refractivity contribution in [2.24, 2.45) is 0 Å². The van der Waals surface area contributed by atoms with Crippen LogP contribution in [0.25, 0.3) is 22.2 Å². The number of carbonyl (C=O) groups is 2. The summed E-state index contributed by atoms with van der Waals surface area (Å²) >= 11 is 0. The van der Waals surface area contributed by atoms with E-state index in [4.69, 9.17) is 4.74 Å². The van der Waals surface area contributed by atoms with Crippen LogP contribution in [0.15, 0.2) is 114 Å². The molecule has 13 heteroatoms. The predicted octanol–water partition coefficient (Wildman–Crippen LogP) is 3.77. The van der Waals surface area contributed by atoms with E-state index in [0.717, 1.165) is 5.56 Å². The zero-order chi connectivity index (χ0) is 36.8. The fraction of sp³-hybridized carbons (Fsp3) is 0.154. The number of nitrogens with one attached hydrogen (secondary N) is 3. The number of phenolic OH excluding ortho intramolecular Hbond substituents is 1. The molecule has 6 aromatic rings. The molecular formula is C39H35N5O8. The normalized spacial score (nSPS) is 12.9. The van der Waals surface area contributed by atoms with Crippen LogP contribution in [-0.4, -0.2) is 60.9 Å². The standard InChI is InChI=1S/C39H35N5O8/c1-52-34-17-24(10-11-25(34)18-40-22-33(46)29-12-14-32(45)36-30(29)13-15-35(47)44-36)37(48)42-20-28-19-41-21-31(43-28)23-6-5-9-27(16-23)39(51,38(49)50)26-7-3-2-4-8-26/h2-17,19,21,33,40,45-46,51H,18,20,22H2,1H3,(H,42,48)(H,44,47)(H,49,50)/t33-,39-/m0/s1. The fourth-order valence-corrected chi connectivity index (χ4v) is 5.93. The Morgan fingerprint density at radius 2 is 1.71 bits per heavy atom. The number of rotatable bonds is 13. The van der Waals surface area contributed by atoms with Crippen molar-refractivity contribution in [1.29, 1.82) is 0 Å². The van der Waals surface area contributed by atoms with Crippen molar-refractivity contribution in [3.63, 3.8) is 0 Å². The van der Waals surface area contributed by atoms with E-state index < -0.39 is 17.7 Å². The molecule has 0 aliphatic carbocycles. The number of aromatic hydroxyl groups is 1. The SMILES string of the molecule is COc1cc(C(=O)NCc2cncc(-c3cccc([C@](O)(C(=O)O)c4ccccc4)c3)n2)ccc1CNC[C@H](O)c1ccc(O)c2[nH]c(=O)ccc12. The van der Waals surface area contributed by atoms with E-state index in [0.29, 0.717) is 45.8 Å². The maximum Gasteiger partial charge on any atom is 0.345 e. The second kappa shape index (κ2) is 15.2. The summed E-state index contributed by atoms with van der Waals surface area (Å²) in [6.45, 7) is 0.516. The second-order valence-corrected chi connectivity index (χ2v) is 12.0. The number of benzene rings is 4. The third-order valence-corrected chi connectivity index (χ3v) is 8.66. The first kappa shape index (κ1) is 35.4. The number of aromatic nitrogens is 3. The van der Waals surface area contributed by atoms with E-state index in [1.165, 1.54) is 37.7 Å². The zero-order valence-electron chi connectivity index (χ0n) is 27.9. The molecule has 4 aromatic carbocycles. The zero-order valence-corrected chi connectivity index (χ0v) is 27.9. The highest BCUT2D eigenvalue weighted by atomic mass is 16.5. The molecule has 6 rings (SSSR count). The number of phenols is 1. The van der Waals surface area contributed by atoms with Crippen LogP contribution in [0.3, 0.4) is 0 Å². The van der Waals surface area contributed by atoms with Gasteiger partial charge in [0, 0.05) is 46.8 Å². The monoisotopic (exact) mass is 701 g/mol. The molecule has 0 saturated carbocycles. The molecule has 0 aliphatic rings. The van der Waals surface area contributed by atoms with Crippen molar-refractivity contribution in [3.05, 3.63) is 153 Å². The maximum atomic E-state index is 13.1. The van der Waals surface area contributed by atoms with E-state index in [1.807, 2.05) is 0 Å². The Labute approximate surface area is 297 Å². The third-order valence-electron chi connectivity index (χ3n) is 8.66. The quantitative estimate of drug-likeness (QED) is 0.0923. The molecule has 13 nitrogen and oxygen atoms in total. The van der Waals surface area contributed by atoms with Crippen molar-refractivity contribution in [2.45, 2.75) is 24.8 Å². The van der Waals surface area contributed by atoms with Gasteiger partial charge in [0.05, 0.1) is 49.1 Å². The number of aliphatic hydroxyl groups is 2. The van der Waals surface area contributed by atoms with Crippen LogP contribution in [0.5, 0.6) is 11.5 Å². The Hall–Kier alpha value is -6.41. The molecule has 0 bridgehead atoms. The molecule has 52 heavy (non-hydrogen) atoms. The first-order valence-corrected chi connectivity index (χ1v) is 16.2. The molecule has 2 atom stereocenters. The molecule has 0 aliphatic heterocycles. The number of H-pyrrole nitrogens is 1. The summed E-state index contributed by atoms with van der Waals surface area (Å²) in [5.74, 6) is -1.43. The number of carboxylic acid groups (broad SMARTS) is 1. The van der Waals surface area contributed by atoms with Gasteiger partial charge in [0.15, 0.2) is 0 Å². The van der Waals surface area contributed by atoms with Crippen LogP contribution < -0.4 is 20.9 Å². The first-order chi connectivity index (χ1) is 25.1. The lowest BCUT2D eigenvalue weighted by Gasteiger charge is -2.25. The average Bonchev–Trinajstić information content (AvgIpc) is 3.17. The van der Waals surface area contributed by atoms with E-state index >= 15 is 0 Å². The van der Waals surface area contributed by atoms with Crippen molar-refractivity contribution in [3.8, 4) is 22.8 Å². The minimum atomic E-state index is -2.28. The third kappa shape index (κ3) is 7.37. The summed E-state index contributed by atoms with van der Waals surface area (Å²) in [6.07, 6.45) is 2.07. The smallest absolute Gasteiger partial charge is 0.345 e. The lowest BCUT2D eigenvalue weighted by Crippen LogP contribution is -2.36. The molecule has 7 N–H and O–H groups in total. The molecule has 0 fully saturated rings. The van der Waals surface area contributed by atoms with Crippen molar-refractivity contribution < 1.29 is 34.8 Å². The topological polar surface area (TPSA) is 207 Å². The Kier molecular flexibility index (Phi) is 10.4.